The van der Waals surface area contributed by atoms with E-state index in [1.165, 1.54) is 13.4 Å². The zero-order valence-corrected chi connectivity index (χ0v) is 13.1. The van der Waals surface area contributed by atoms with Gasteiger partial charge in [-0.3, -0.25) is 5.10 Å². The third-order valence-corrected chi connectivity index (χ3v) is 3.97. The number of H-pyrrole nitrogens is 1. The molecule has 9 heteroatoms. The minimum atomic E-state index is -0.877. The summed E-state index contributed by atoms with van der Waals surface area (Å²) in [7, 11) is 1.18. The number of anilines is 1. The number of rotatable bonds is 3. The van der Waals surface area contributed by atoms with Crippen LogP contribution >= 0.6 is 0 Å². The van der Waals surface area contributed by atoms with Crippen molar-refractivity contribution in [3.8, 4) is 5.75 Å². The van der Waals surface area contributed by atoms with Crippen molar-refractivity contribution >= 4 is 11.7 Å². The molecule has 1 atom stereocenters. The number of piperidine rings is 1. The molecule has 1 aromatic heterocycles. The fraction of sp³-hybridized carbons (Fsp3) is 0.400. The second kappa shape index (κ2) is 6.81. The number of aromatic amines is 1. The molecule has 2 N–H and O–H groups in total. The average molecular weight is 337 g/mol. The quantitative estimate of drug-likeness (QED) is 0.902. The Labute approximate surface area is 137 Å². The molecule has 0 radical (unpaired) electrons. The number of carbonyl (C=O) groups is 1. The first-order valence-corrected chi connectivity index (χ1v) is 7.56. The largest absolute Gasteiger partial charge is 0.491 e. The smallest absolute Gasteiger partial charge is 0.322 e. The van der Waals surface area contributed by atoms with E-state index in [4.69, 9.17) is 0 Å². The summed E-state index contributed by atoms with van der Waals surface area (Å²) >= 11 is 0. The van der Waals surface area contributed by atoms with Gasteiger partial charge in [-0.25, -0.2) is 18.6 Å². The molecule has 1 aliphatic rings. The first-order valence-electron chi connectivity index (χ1n) is 7.56. The number of aromatic nitrogens is 3. The van der Waals surface area contributed by atoms with E-state index in [0.717, 1.165) is 31.4 Å². The van der Waals surface area contributed by atoms with Crippen molar-refractivity contribution in [1.29, 1.82) is 0 Å². The fourth-order valence-corrected chi connectivity index (χ4v) is 2.86. The van der Waals surface area contributed by atoms with Crippen LogP contribution in [0.15, 0.2) is 18.5 Å². The molecule has 1 aliphatic heterocycles. The van der Waals surface area contributed by atoms with E-state index in [0.29, 0.717) is 12.4 Å². The van der Waals surface area contributed by atoms with Gasteiger partial charge in [0.25, 0.3) is 0 Å². The zero-order valence-electron chi connectivity index (χ0n) is 13.1. The molecule has 0 saturated carbocycles. The summed E-state index contributed by atoms with van der Waals surface area (Å²) in [5.41, 5.74) is 0.0256. The Bertz CT molecular complexity index is 700. The van der Waals surface area contributed by atoms with Crippen molar-refractivity contribution in [2.45, 2.75) is 25.3 Å². The molecule has 0 bridgehead atoms. The monoisotopic (exact) mass is 337 g/mol. The number of methoxy groups -OCH3 is 1. The summed E-state index contributed by atoms with van der Waals surface area (Å²) in [6.45, 7) is 0.526. The Morgan fingerprint density at radius 2 is 2.12 bits per heavy atom. The molecule has 0 aliphatic carbocycles. The molecular weight excluding hydrogens is 320 g/mol. The molecule has 1 saturated heterocycles. The molecule has 3 rings (SSSR count). The highest BCUT2D eigenvalue weighted by Gasteiger charge is 2.30. The summed E-state index contributed by atoms with van der Waals surface area (Å²) in [4.78, 5) is 18.2. The molecule has 2 heterocycles. The van der Waals surface area contributed by atoms with Gasteiger partial charge in [0.05, 0.1) is 13.2 Å². The molecule has 128 valence electrons. The van der Waals surface area contributed by atoms with Gasteiger partial charge < -0.3 is 15.0 Å². The van der Waals surface area contributed by atoms with Gasteiger partial charge in [-0.1, -0.05) is 0 Å². The van der Waals surface area contributed by atoms with Gasteiger partial charge in [0, 0.05) is 24.4 Å². The molecule has 2 aromatic rings. The Morgan fingerprint density at radius 3 is 2.75 bits per heavy atom. The van der Waals surface area contributed by atoms with Gasteiger partial charge in [0.2, 0.25) is 0 Å². The van der Waals surface area contributed by atoms with Gasteiger partial charge >= 0.3 is 6.03 Å². The number of nitrogens with one attached hydrogen (secondary N) is 2. The van der Waals surface area contributed by atoms with Crippen LogP contribution in [0.5, 0.6) is 5.75 Å². The van der Waals surface area contributed by atoms with Crippen molar-refractivity contribution < 1.29 is 18.3 Å². The summed E-state index contributed by atoms with van der Waals surface area (Å²) in [5, 5.41) is 9.11. The van der Waals surface area contributed by atoms with E-state index in [-0.39, 0.29) is 11.7 Å². The number of hydrogen-bond acceptors (Lipinski definition) is 4. The topological polar surface area (TPSA) is 83.1 Å². The van der Waals surface area contributed by atoms with Crippen LogP contribution in [-0.2, 0) is 0 Å². The molecular formula is C15H17F2N5O2. The van der Waals surface area contributed by atoms with Crippen LogP contribution < -0.4 is 10.1 Å². The van der Waals surface area contributed by atoms with Crippen molar-refractivity contribution in [1.82, 2.24) is 20.1 Å². The van der Waals surface area contributed by atoms with Gasteiger partial charge in [-0.05, 0) is 19.3 Å². The molecule has 24 heavy (non-hydrogen) atoms. The van der Waals surface area contributed by atoms with Crippen LogP contribution in [0.25, 0.3) is 0 Å². The molecule has 0 unspecified atom stereocenters. The van der Waals surface area contributed by atoms with E-state index in [2.05, 4.69) is 25.2 Å². The number of hydrogen-bond donors (Lipinski definition) is 2. The summed E-state index contributed by atoms with van der Waals surface area (Å²) in [6, 6.07) is 1.36. The number of urea groups is 1. The predicted octanol–water partition coefficient (Wildman–Crippen LogP) is 2.85. The molecule has 0 spiro atoms. The van der Waals surface area contributed by atoms with Crippen LogP contribution in [-0.4, -0.2) is 39.8 Å². The lowest BCUT2D eigenvalue weighted by Crippen LogP contribution is -2.41. The van der Waals surface area contributed by atoms with E-state index in [1.807, 2.05) is 0 Å². The maximum atomic E-state index is 13.8. The number of carbonyl (C=O) groups excluding carboxylic acids is 1. The number of nitrogens with zero attached hydrogens (tertiary/aromatic N) is 3. The summed E-state index contributed by atoms with van der Waals surface area (Å²) in [6.07, 6.45) is 3.94. The third kappa shape index (κ3) is 3.15. The number of benzene rings is 1. The first kappa shape index (κ1) is 16.2. The fourth-order valence-electron chi connectivity index (χ4n) is 2.86. The third-order valence-electron chi connectivity index (χ3n) is 3.97. The average Bonchev–Trinajstić information content (AvgIpc) is 3.09. The van der Waals surface area contributed by atoms with E-state index in [1.54, 1.807) is 4.90 Å². The normalized spacial score (nSPS) is 17.6. The lowest BCUT2D eigenvalue weighted by Gasteiger charge is -2.34. The molecule has 7 nitrogen and oxygen atoms in total. The second-order valence-electron chi connectivity index (χ2n) is 5.48. The van der Waals surface area contributed by atoms with Crippen LogP contribution in [0, 0.1) is 11.6 Å². The summed E-state index contributed by atoms with van der Waals surface area (Å²) in [5.74, 6) is -1.64. The standard InChI is InChI=1S/C15H17F2N5O2/c1-24-13-10(16)6-9(7-11(13)17)20-15(23)22-5-3-2-4-12(22)14-18-8-19-21-14/h6-8,12H,2-5H2,1H3,(H,20,23)(H,18,19,21)/t12-/m0/s1. The van der Waals surface area contributed by atoms with E-state index < -0.39 is 23.4 Å². The zero-order chi connectivity index (χ0) is 17.1. The lowest BCUT2D eigenvalue weighted by atomic mass is 10.0. The predicted molar refractivity (Wildman–Crippen MR) is 81.6 cm³/mol. The molecule has 1 aromatic carbocycles. The van der Waals surface area contributed by atoms with Crippen LogP contribution in [0.2, 0.25) is 0 Å². The van der Waals surface area contributed by atoms with Gasteiger partial charge in [-0.2, -0.15) is 5.10 Å². The van der Waals surface area contributed by atoms with Crippen LogP contribution in [0.1, 0.15) is 31.1 Å². The second-order valence-corrected chi connectivity index (χ2v) is 5.48. The van der Waals surface area contributed by atoms with E-state index in [9.17, 15) is 13.6 Å². The van der Waals surface area contributed by atoms with Gasteiger partial charge in [-0.15, -0.1) is 0 Å². The Morgan fingerprint density at radius 1 is 1.38 bits per heavy atom. The number of ether oxygens (including phenoxy) is 1. The maximum absolute atomic E-state index is 13.8. The highest BCUT2D eigenvalue weighted by atomic mass is 19.1. The SMILES string of the molecule is COc1c(F)cc(NC(=O)N2CCCC[C@H]2c2ncn[nH]2)cc1F. The molecule has 2 amide bonds. The highest BCUT2D eigenvalue weighted by molar-refractivity contribution is 5.89. The van der Waals surface area contributed by atoms with E-state index >= 15 is 0 Å². The summed E-state index contributed by atoms with van der Waals surface area (Å²) < 4.78 is 32.1. The van der Waals surface area contributed by atoms with Gasteiger partial charge in [0.15, 0.2) is 17.4 Å². The van der Waals surface area contributed by atoms with Crippen molar-refractivity contribution in [2.24, 2.45) is 0 Å². The highest BCUT2D eigenvalue weighted by Crippen LogP contribution is 2.30. The van der Waals surface area contributed by atoms with Crippen molar-refractivity contribution in [3.63, 3.8) is 0 Å². The first-order chi connectivity index (χ1) is 11.6. The minimum Gasteiger partial charge on any atom is -0.491 e. The minimum absolute atomic E-state index is 0.0256. The maximum Gasteiger partial charge on any atom is 0.322 e. The number of halogens is 2. The molecule has 1 fully saturated rings. The van der Waals surface area contributed by atoms with Crippen molar-refractivity contribution in [3.05, 3.63) is 35.9 Å². The Balaban J connectivity index is 1.78. The Kier molecular flexibility index (Phi) is 4.59. The van der Waals surface area contributed by atoms with Crippen LogP contribution in [0.4, 0.5) is 19.3 Å². The van der Waals surface area contributed by atoms with Crippen molar-refractivity contribution in [2.75, 3.05) is 19.0 Å². The Hall–Kier alpha value is -2.71. The number of likely N-dealkylation sites (tertiary alicyclic amines) is 1. The van der Waals surface area contributed by atoms with Crippen LogP contribution in [0.3, 0.4) is 0 Å². The van der Waals surface area contributed by atoms with Gasteiger partial charge in [0.1, 0.15) is 12.2 Å². The lowest BCUT2D eigenvalue weighted by molar-refractivity contribution is 0.159. The number of amides is 2.